The van der Waals surface area contributed by atoms with E-state index in [9.17, 15) is 15.0 Å². The molecule has 0 aliphatic rings. The number of phenols is 2. The molecule has 0 aliphatic carbocycles. The predicted molar refractivity (Wildman–Crippen MR) is 85.5 cm³/mol. The van der Waals surface area contributed by atoms with Crippen LogP contribution in [0.4, 0.5) is 0 Å². The Balaban J connectivity index is 2.24. The molecule has 22 heavy (non-hydrogen) atoms. The molecule has 1 amide bonds. The van der Waals surface area contributed by atoms with Crippen LogP contribution in [0.15, 0.2) is 47.6 Å². The average Bonchev–Trinajstić information content (AvgIpc) is 2.51. The summed E-state index contributed by atoms with van der Waals surface area (Å²) in [6, 6.07) is 10.9. The number of halogens is 1. The van der Waals surface area contributed by atoms with Gasteiger partial charge in [0.1, 0.15) is 11.5 Å². The number of aromatic hydroxyl groups is 2. The third-order valence-electron chi connectivity index (χ3n) is 3.05. The Morgan fingerprint density at radius 3 is 2.50 bits per heavy atom. The van der Waals surface area contributed by atoms with Crippen molar-refractivity contribution in [2.45, 2.75) is 13.3 Å². The highest BCUT2D eigenvalue weighted by Gasteiger charge is 2.12. The Labute approximate surface area is 132 Å². The van der Waals surface area contributed by atoms with Crippen molar-refractivity contribution in [1.29, 1.82) is 0 Å². The van der Waals surface area contributed by atoms with Crippen molar-refractivity contribution in [3.8, 4) is 11.5 Å². The summed E-state index contributed by atoms with van der Waals surface area (Å²) in [5.41, 5.74) is 3.46. The van der Waals surface area contributed by atoms with E-state index in [0.29, 0.717) is 22.7 Å². The number of hydrazone groups is 1. The van der Waals surface area contributed by atoms with E-state index < -0.39 is 5.91 Å². The highest BCUT2D eigenvalue weighted by Crippen LogP contribution is 2.21. The lowest BCUT2D eigenvalue weighted by Gasteiger charge is -2.08. The van der Waals surface area contributed by atoms with Gasteiger partial charge in [-0.15, -0.1) is 0 Å². The summed E-state index contributed by atoms with van der Waals surface area (Å²) in [4.78, 5) is 12.1. The largest absolute Gasteiger partial charge is 0.507 e. The van der Waals surface area contributed by atoms with Crippen LogP contribution in [0.5, 0.6) is 11.5 Å². The number of rotatable bonds is 4. The van der Waals surface area contributed by atoms with E-state index in [-0.39, 0.29) is 17.1 Å². The fraction of sp³-hybridized carbons (Fsp3) is 0.125. The molecule has 114 valence electrons. The van der Waals surface area contributed by atoms with Crippen LogP contribution in [-0.4, -0.2) is 21.8 Å². The average molecular weight is 319 g/mol. The van der Waals surface area contributed by atoms with Gasteiger partial charge in [-0.1, -0.05) is 30.7 Å². The lowest BCUT2D eigenvalue weighted by atomic mass is 10.1. The van der Waals surface area contributed by atoms with Crippen molar-refractivity contribution in [1.82, 2.24) is 5.43 Å². The molecular weight excluding hydrogens is 304 g/mol. The SMILES string of the molecule is CCC(=NNC(=O)c1cc(Cl)ccc1O)c1ccccc1O. The van der Waals surface area contributed by atoms with E-state index in [1.54, 1.807) is 24.3 Å². The van der Waals surface area contributed by atoms with E-state index in [0.717, 1.165) is 0 Å². The number of para-hydroxylation sites is 1. The summed E-state index contributed by atoms with van der Waals surface area (Å²) in [5, 5.41) is 23.9. The first-order valence-corrected chi connectivity index (χ1v) is 7.04. The first-order chi connectivity index (χ1) is 10.5. The fourth-order valence-corrected chi connectivity index (χ4v) is 2.09. The topological polar surface area (TPSA) is 81.9 Å². The molecule has 0 spiro atoms. The number of hydrogen-bond acceptors (Lipinski definition) is 4. The van der Waals surface area contributed by atoms with Crippen molar-refractivity contribution < 1.29 is 15.0 Å². The van der Waals surface area contributed by atoms with Gasteiger partial charge in [-0.25, -0.2) is 5.43 Å². The zero-order chi connectivity index (χ0) is 16.1. The molecule has 3 N–H and O–H groups in total. The molecule has 0 saturated carbocycles. The Morgan fingerprint density at radius 1 is 1.14 bits per heavy atom. The molecule has 0 unspecified atom stereocenters. The van der Waals surface area contributed by atoms with Crippen molar-refractivity contribution in [2.75, 3.05) is 0 Å². The van der Waals surface area contributed by atoms with Crippen molar-refractivity contribution in [3.05, 3.63) is 58.6 Å². The summed E-state index contributed by atoms with van der Waals surface area (Å²) >= 11 is 5.81. The second-order valence-corrected chi connectivity index (χ2v) is 4.97. The number of amides is 1. The third-order valence-corrected chi connectivity index (χ3v) is 3.28. The molecule has 0 bridgehead atoms. The van der Waals surface area contributed by atoms with Gasteiger partial charge in [0.25, 0.3) is 5.91 Å². The summed E-state index contributed by atoms with van der Waals surface area (Å²) in [5.74, 6) is -0.679. The van der Waals surface area contributed by atoms with E-state index in [4.69, 9.17) is 11.6 Å². The second kappa shape index (κ2) is 6.95. The van der Waals surface area contributed by atoms with E-state index in [1.807, 2.05) is 6.92 Å². The van der Waals surface area contributed by atoms with Gasteiger partial charge in [0.05, 0.1) is 11.3 Å². The van der Waals surface area contributed by atoms with Crippen molar-refractivity contribution in [3.63, 3.8) is 0 Å². The lowest BCUT2D eigenvalue weighted by molar-refractivity contribution is 0.0952. The first kappa shape index (κ1) is 15.9. The third kappa shape index (κ3) is 3.56. The van der Waals surface area contributed by atoms with Gasteiger partial charge in [0.15, 0.2) is 0 Å². The predicted octanol–water partition coefficient (Wildman–Crippen LogP) is 3.30. The van der Waals surface area contributed by atoms with Gasteiger partial charge in [0.2, 0.25) is 0 Å². The van der Waals surface area contributed by atoms with Crippen LogP contribution in [0.2, 0.25) is 5.02 Å². The molecule has 0 radical (unpaired) electrons. The minimum absolute atomic E-state index is 0.0315. The number of nitrogens with zero attached hydrogens (tertiary/aromatic N) is 1. The van der Waals surface area contributed by atoms with Gasteiger partial charge in [-0.05, 0) is 36.8 Å². The molecule has 0 aliphatic heterocycles. The number of carbonyl (C=O) groups excluding carboxylic acids is 1. The van der Waals surface area contributed by atoms with E-state index in [2.05, 4.69) is 10.5 Å². The summed E-state index contributed by atoms with van der Waals surface area (Å²) < 4.78 is 0. The highest BCUT2D eigenvalue weighted by atomic mass is 35.5. The Kier molecular flexibility index (Phi) is 5.01. The number of nitrogens with one attached hydrogen (secondary N) is 1. The van der Waals surface area contributed by atoms with Crippen molar-refractivity contribution in [2.24, 2.45) is 5.10 Å². The molecular formula is C16H15ClN2O3. The molecule has 2 rings (SSSR count). The van der Waals surface area contributed by atoms with Crippen LogP contribution in [0.1, 0.15) is 29.3 Å². The quantitative estimate of drug-likeness (QED) is 0.597. The van der Waals surface area contributed by atoms with Crippen LogP contribution >= 0.6 is 11.6 Å². The van der Waals surface area contributed by atoms with Gasteiger partial charge >= 0.3 is 0 Å². The first-order valence-electron chi connectivity index (χ1n) is 6.66. The van der Waals surface area contributed by atoms with Crippen molar-refractivity contribution >= 4 is 23.2 Å². The summed E-state index contributed by atoms with van der Waals surface area (Å²) in [6.45, 7) is 1.86. The zero-order valence-electron chi connectivity index (χ0n) is 11.9. The highest BCUT2D eigenvalue weighted by molar-refractivity contribution is 6.31. The van der Waals surface area contributed by atoms with Gasteiger partial charge in [-0.2, -0.15) is 5.10 Å². The van der Waals surface area contributed by atoms with Crippen LogP contribution in [0.3, 0.4) is 0 Å². The molecule has 6 heteroatoms. The molecule has 5 nitrogen and oxygen atoms in total. The zero-order valence-corrected chi connectivity index (χ0v) is 12.6. The fourth-order valence-electron chi connectivity index (χ4n) is 1.92. The van der Waals surface area contributed by atoms with Crippen LogP contribution in [-0.2, 0) is 0 Å². The molecule has 0 aromatic heterocycles. The summed E-state index contributed by atoms with van der Waals surface area (Å²) in [6.07, 6.45) is 0.513. The molecule has 0 saturated heterocycles. The van der Waals surface area contributed by atoms with Crippen LogP contribution < -0.4 is 5.43 Å². The Morgan fingerprint density at radius 2 is 1.82 bits per heavy atom. The Bertz CT molecular complexity index is 729. The maximum absolute atomic E-state index is 12.1. The maximum Gasteiger partial charge on any atom is 0.275 e. The summed E-state index contributed by atoms with van der Waals surface area (Å²) in [7, 11) is 0. The number of benzene rings is 2. The molecule has 2 aromatic rings. The number of carbonyl (C=O) groups is 1. The molecule has 0 atom stereocenters. The lowest BCUT2D eigenvalue weighted by Crippen LogP contribution is -2.20. The van der Waals surface area contributed by atoms with Gasteiger partial charge < -0.3 is 10.2 Å². The number of phenolic OH excluding ortho intramolecular Hbond substituents is 2. The monoisotopic (exact) mass is 318 g/mol. The Hall–Kier alpha value is -2.53. The smallest absolute Gasteiger partial charge is 0.275 e. The normalized spacial score (nSPS) is 11.3. The molecule has 2 aromatic carbocycles. The number of hydrogen-bond donors (Lipinski definition) is 3. The van der Waals surface area contributed by atoms with E-state index in [1.165, 1.54) is 18.2 Å². The second-order valence-electron chi connectivity index (χ2n) is 4.53. The van der Waals surface area contributed by atoms with Crippen LogP contribution in [0.25, 0.3) is 0 Å². The minimum Gasteiger partial charge on any atom is -0.507 e. The molecule has 0 heterocycles. The van der Waals surface area contributed by atoms with Crippen LogP contribution in [0, 0.1) is 0 Å². The molecule has 0 fully saturated rings. The minimum atomic E-state index is -0.582. The standard InChI is InChI=1S/C16H15ClN2O3/c1-2-13(11-5-3-4-6-14(11)20)18-19-16(22)12-9-10(17)7-8-15(12)21/h3-9,20-21H,2H2,1H3,(H,19,22). The maximum atomic E-state index is 12.1. The van der Waals surface area contributed by atoms with Gasteiger partial charge in [0, 0.05) is 10.6 Å². The van der Waals surface area contributed by atoms with E-state index >= 15 is 0 Å². The van der Waals surface area contributed by atoms with Gasteiger partial charge in [-0.3, -0.25) is 4.79 Å².